The average Bonchev–Trinajstić information content (AvgIpc) is 3.41. The van der Waals surface area contributed by atoms with Gasteiger partial charge in [0.05, 0.1) is 0 Å². The number of nitrogens with one attached hydrogen (secondary N) is 1. The Morgan fingerprint density at radius 2 is 1.84 bits per heavy atom. The van der Waals surface area contributed by atoms with Crippen LogP contribution in [-0.4, -0.2) is 42.6 Å². The van der Waals surface area contributed by atoms with Gasteiger partial charge in [0.1, 0.15) is 5.75 Å². The van der Waals surface area contributed by atoms with Gasteiger partial charge >= 0.3 is 0 Å². The Labute approximate surface area is 149 Å². The molecule has 4 nitrogen and oxygen atoms in total. The molecular formula is C21H26N2O2. The minimum Gasteiger partial charge on any atom is -0.508 e. The molecule has 3 rings (SSSR count). The van der Waals surface area contributed by atoms with Crippen LogP contribution in [-0.2, 0) is 11.2 Å². The zero-order valence-corrected chi connectivity index (χ0v) is 14.9. The lowest BCUT2D eigenvalue weighted by molar-refractivity contribution is -0.122. The smallest absolute Gasteiger partial charge is 0.223 e. The molecule has 1 fully saturated rings. The third kappa shape index (κ3) is 4.60. The maximum atomic E-state index is 12.5. The summed E-state index contributed by atoms with van der Waals surface area (Å²) in [6.07, 6.45) is 1.78. The maximum Gasteiger partial charge on any atom is 0.223 e. The Morgan fingerprint density at radius 1 is 1.16 bits per heavy atom. The molecule has 3 unspecified atom stereocenters. The van der Waals surface area contributed by atoms with Crippen molar-refractivity contribution in [1.29, 1.82) is 0 Å². The van der Waals surface area contributed by atoms with Crippen LogP contribution in [0.1, 0.15) is 23.5 Å². The van der Waals surface area contributed by atoms with Crippen LogP contribution in [0, 0.1) is 5.92 Å². The van der Waals surface area contributed by atoms with Crippen molar-refractivity contribution in [3.63, 3.8) is 0 Å². The second-order valence-electron chi connectivity index (χ2n) is 7.09. The summed E-state index contributed by atoms with van der Waals surface area (Å²) >= 11 is 0. The molecule has 2 aromatic carbocycles. The largest absolute Gasteiger partial charge is 0.508 e. The highest BCUT2D eigenvalue weighted by molar-refractivity contribution is 5.82. The highest BCUT2D eigenvalue weighted by Crippen LogP contribution is 2.47. The van der Waals surface area contributed by atoms with Gasteiger partial charge in [-0.1, -0.05) is 42.5 Å². The first-order valence-electron chi connectivity index (χ1n) is 8.81. The molecule has 4 heteroatoms. The summed E-state index contributed by atoms with van der Waals surface area (Å²) in [4.78, 5) is 14.6. The zero-order chi connectivity index (χ0) is 17.8. The van der Waals surface area contributed by atoms with Crippen LogP contribution >= 0.6 is 0 Å². The molecule has 0 radical (unpaired) electrons. The van der Waals surface area contributed by atoms with Crippen LogP contribution in [0.25, 0.3) is 0 Å². The van der Waals surface area contributed by atoms with Gasteiger partial charge in [0.25, 0.3) is 0 Å². The highest BCUT2D eigenvalue weighted by Gasteiger charge is 2.43. The summed E-state index contributed by atoms with van der Waals surface area (Å²) in [5.41, 5.74) is 2.41. The van der Waals surface area contributed by atoms with Gasteiger partial charge in [0.2, 0.25) is 5.91 Å². The minimum atomic E-state index is 0.110. The molecule has 0 aliphatic heterocycles. The number of benzene rings is 2. The number of likely N-dealkylation sites (N-methyl/N-ethyl adjacent to an activating group) is 1. The van der Waals surface area contributed by atoms with E-state index in [9.17, 15) is 9.90 Å². The normalized spacial score (nSPS) is 20.3. The predicted octanol–water partition coefficient (Wildman–Crippen LogP) is 2.78. The van der Waals surface area contributed by atoms with E-state index < -0.39 is 0 Å². The molecule has 0 spiro atoms. The van der Waals surface area contributed by atoms with E-state index in [0.717, 1.165) is 18.4 Å². The third-order valence-corrected chi connectivity index (χ3v) is 5.00. The monoisotopic (exact) mass is 338 g/mol. The van der Waals surface area contributed by atoms with E-state index in [2.05, 4.69) is 22.3 Å². The summed E-state index contributed by atoms with van der Waals surface area (Å²) in [6.45, 7) is 0.630. The molecule has 0 bridgehead atoms. The summed E-state index contributed by atoms with van der Waals surface area (Å²) in [7, 11) is 4.06. The third-order valence-electron chi connectivity index (χ3n) is 5.00. The van der Waals surface area contributed by atoms with Crippen molar-refractivity contribution >= 4 is 5.91 Å². The summed E-state index contributed by atoms with van der Waals surface area (Å²) < 4.78 is 0. The molecule has 1 saturated carbocycles. The lowest BCUT2D eigenvalue weighted by Crippen LogP contribution is -2.42. The first kappa shape index (κ1) is 17.5. The fourth-order valence-electron chi connectivity index (χ4n) is 3.24. The van der Waals surface area contributed by atoms with Crippen LogP contribution in [0.4, 0.5) is 0 Å². The highest BCUT2D eigenvalue weighted by atomic mass is 16.3. The summed E-state index contributed by atoms with van der Waals surface area (Å²) in [5.74, 6) is 0.917. The number of rotatable bonds is 7. The first-order chi connectivity index (χ1) is 12.0. The molecule has 0 heterocycles. The van der Waals surface area contributed by atoms with E-state index in [-0.39, 0.29) is 23.6 Å². The fourth-order valence-corrected chi connectivity index (χ4v) is 3.24. The SMILES string of the molecule is CN(C)C(CNC(=O)C1CC1c1ccccc1)Cc1ccc(O)cc1. The molecule has 1 amide bonds. The van der Waals surface area contributed by atoms with Crippen molar-refractivity contribution < 1.29 is 9.90 Å². The first-order valence-corrected chi connectivity index (χ1v) is 8.81. The zero-order valence-electron chi connectivity index (χ0n) is 14.9. The van der Waals surface area contributed by atoms with Crippen molar-refractivity contribution in [1.82, 2.24) is 10.2 Å². The van der Waals surface area contributed by atoms with E-state index in [1.54, 1.807) is 12.1 Å². The number of amides is 1. The molecule has 0 aromatic heterocycles. The van der Waals surface area contributed by atoms with Gasteiger partial charge in [-0.2, -0.15) is 0 Å². The van der Waals surface area contributed by atoms with Gasteiger partial charge in [0.15, 0.2) is 0 Å². The van der Waals surface area contributed by atoms with Gasteiger partial charge in [-0.15, -0.1) is 0 Å². The lowest BCUT2D eigenvalue weighted by atomic mass is 10.0. The molecule has 25 heavy (non-hydrogen) atoms. The molecule has 0 saturated heterocycles. The van der Waals surface area contributed by atoms with Crippen molar-refractivity contribution in [3.8, 4) is 5.75 Å². The van der Waals surface area contributed by atoms with Crippen LogP contribution in [0.15, 0.2) is 54.6 Å². The summed E-state index contributed by atoms with van der Waals surface area (Å²) in [6, 6.07) is 17.8. The molecular weight excluding hydrogens is 312 g/mol. The Kier molecular flexibility index (Phi) is 5.39. The van der Waals surface area contributed by atoms with Crippen LogP contribution in [0.5, 0.6) is 5.75 Å². The van der Waals surface area contributed by atoms with E-state index in [1.807, 2.05) is 44.4 Å². The van der Waals surface area contributed by atoms with E-state index >= 15 is 0 Å². The number of carbonyl (C=O) groups excluding carboxylic acids is 1. The Hall–Kier alpha value is -2.33. The van der Waals surface area contributed by atoms with Crippen molar-refractivity contribution in [3.05, 3.63) is 65.7 Å². The average molecular weight is 338 g/mol. The number of hydrogen-bond acceptors (Lipinski definition) is 3. The van der Waals surface area contributed by atoms with Crippen LogP contribution in [0.3, 0.4) is 0 Å². The van der Waals surface area contributed by atoms with E-state index in [1.165, 1.54) is 5.56 Å². The van der Waals surface area contributed by atoms with Crippen molar-refractivity contribution in [2.75, 3.05) is 20.6 Å². The quantitative estimate of drug-likeness (QED) is 0.816. The number of nitrogens with zero attached hydrogens (tertiary/aromatic N) is 1. The Bertz CT molecular complexity index is 698. The molecule has 1 aliphatic rings. The van der Waals surface area contributed by atoms with Crippen molar-refractivity contribution in [2.45, 2.75) is 24.8 Å². The number of carbonyl (C=O) groups is 1. The van der Waals surface area contributed by atoms with E-state index in [4.69, 9.17) is 0 Å². The second kappa shape index (κ2) is 7.70. The van der Waals surface area contributed by atoms with Crippen molar-refractivity contribution in [2.24, 2.45) is 5.92 Å². The summed E-state index contributed by atoms with van der Waals surface area (Å²) in [5, 5.41) is 12.5. The standard InChI is InChI=1S/C21H26N2O2/c1-23(2)17(12-15-8-10-18(24)11-9-15)14-22-21(25)20-13-19(20)16-6-4-3-5-7-16/h3-11,17,19-20,24H,12-14H2,1-2H3,(H,22,25). The minimum absolute atomic E-state index is 0.110. The predicted molar refractivity (Wildman–Crippen MR) is 99.6 cm³/mol. The molecule has 132 valence electrons. The van der Waals surface area contributed by atoms with E-state index in [0.29, 0.717) is 12.5 Å². The second-order valence-corrected chi connectivity index (χ2v) is 7.09. The fraction of sp³-hybridized carbons (Fsp3) is 0.381. The van der Waals surface area contributed by atoms with Crippen LogP contribution in [0.2, 0.25) is 0 Å². The molecule has 2 aromatic rings. The number of aromatic hydroxyl groups is 1. The Morgan fingerprint density at radius 3 is 2.48 bits per heavy atom. The van der Waals surface area contributed by atoms with Crippen LogP contribution < -0.4 is 5.32 Å². The van der Waals surface area contributed by atoms with Gasteiger partial charge < -0.3 is 15.3 Å². The number of phenolic OH excluding ortho intramolecular Hbond substituents is 1. The van der Waals surface area contributed by atoms with Gasteiger partial charge in [-0.3, -0.25) is 4.79 Å². The van der Waals surface area contributed by atoms with Gasteiger partial charge in [-0.25, -0.2) is 0 Å². The molecule has 3 atom stereocenters. The number of phenols is 1. The molecule has 2 N–H and O–H groups in total. The Balaban J connectivity index is 1.52. The molecule has 1 aliphatic carbocycles. The number of hydrogen-bond donors (Lipinski definition) is 2. The van der Waals surface area contributed by atoms with Gasteiger partial charge in [0, 0.05) is 18.5 Å². The lowest BCUT2D eigenvalue weighted by Gasteiger charge is -2.25. The topological polar surface area (TPSA) is 52.6 Å². The maximum absolute atomic E-state index is 12.5. The van der Waals surface area contributed by atoms with Gasteiger partial charge in [-0.05, 0) is 56.1 Å².